The summed E-state index contributed by atoms with van der Waals surface area (Å²) in [4.78, 5) is 12.4. The lowest BCUT2D eigenvalue weighted by Gasteiger charge is -2.11. The SMILES string of the molecule is CCOc1ccccc1/C=C(\C#N)C(=O)NCc1ccc(OC)cc1OC. The second-order valence-electron chi connectivity index (χ2n) is 5.50. The standard InChI is InChI=1S/C21H22N2O4/c1-4-27-19-8-6-5-7-15(19)11-17(13-22)21(24)23-14-16-9-10-18(25-2)12-20(16)26-3/h5-12H,4,14H2,1-3H3,(H,23,24)/b17-11+. The van der Waals surface area contributed by atoms with Gasteiger partial charge >= 0.3 is 0 Å². The summed E-state index contributed by atoms with van der Waals surface area (Å²) in [6, 6.07) is 14.5. The van der Waals surface area contributed by atoms with Crippen LogP contribution in [0.15, 0.2) is 48.0 Å². The third kappa shape index (κ3) is 5.25. The molecule has 0 bridgehead atoms. The van der Waals surface area contributed by atoms with Crippen LogP contribution in [-0.4, -0.2) is 26.7 Å². The number of benzene rings is 2. The number of para-hydroxylation sites is 1. The second-order valence-corrected chi connectivity index (χ2v) is 5.50. The van der Waals surface area contributed by atoms with Gasteiger partial charge in [-0.3, -0.25) is 4.79 Å². The molecular formula is C21H22N2O4. The van der Waals surface area contributed by atoms with Crippen molar-refractivity contribution in [2.75, 3.05) is 20.8 Å². The molecular weight excluding hydrogens is 344 g/mol. The first-order valence-corrected chi connectivity index (χ1v) is 8.45. The molecule has 0 unspecified atom stereocenters. The van der Waals surface area contributed by atoms with Crippen molar-refractivity contribution in [3.8, 4) is 23.3 Å². The average Bonchev–Trinajstić information content (AvgIpc) is 2.71. The summed E-state index contributed by atoms with van der Waals surface area (Å²) >= 11 is 0. The van der Waals surface area contributed by atoms with E-state index in [0.29, 0.717) is 29.4 Å². The van der Waals surface area contributed by atoms with Crippen LogP contribution >= 0.6 is 0 Å². The smallest absolute Gasteiger partial charge is 0.262 e. The number of methoxy groups -OCH3 is 2. The summed E-state index contributed by atoms with van der Waals surface area (Å²) in [5, 5.41) is 12.1. The van der Waals surface area contributed by atoms with Crippen molar-refractivity contribution in [3.05, 3.63) is 59.2 Å². The van der Waals surface area contributed by atoms with Crippen molar-refractivity contribution in [2.24, 2.45) is 0 Å². The van der Waals surface area contributed by atoms with E-state index in [1.807, 2.05) is 25.1 Å². The molecule has 0 radical (unpaired) electrons. The van der Waals surface area contributed by atoms with Gasteiger partial charge < -0.3 is 19.5 Å². The fourth-order valence-electron chi connectivity index (χ4n) is 2.46. The van der Waals surface area contributed by atoms with Crippen LogP contribution in [0.1, 0.15) is 18.1 Å². The van der Waals surface area contributed by atoms with Crippen molar-refractivity contribution >= 4 is 12.0 Å². The molecule has 2 aromatic rings. The van der Waals surface area contributed by atoms with Crippen molar-refractivity contribution < 1.29 is 19.0 Å². The van der Waals surface area contributed by atoms with E-state index in [4.69, 9.17) is 14.2 Å². The number of ether oxygens (including phenoxy) is 3. The monoisotopic (exact) mass is 366 g/mol. The highest BCUT2D eigenvalue weighted by molar-refractivity contribution is 6.01. The molecule has 0 aromatic heterocycles. The zero-order valence-corrected chi connectivity index (χ0v) is 15.6. The Bertz CT molecular complexity index is 869. The van der Waals surface area contributed by atoms with Gasteiger partial charge in [-0.1, -0.05) is 18.2 Å². The first kappa shape index (κ1) is 19.9. The Kier molecular flexibility index (Phi) is 7.26. The molecule has 0 heterocycles. The predicted octanol–water partition coefficient (Wildman–Crippen LogP) is 3.33. The Labute approximate surface area is 159 Å². The summed E-state index contributed by atoms with van der Waals surface area (Å²) in [5.74, 6) is 1.41. The molecule has 2 rings (SSSR count). The molecule has 0 aliphatic carbocycles. The lowest BCUT2D eigenvalue weighted by Crippen LogP contribution is -2.24. The Morgan fingerprint density at radius 3 is 2.59 bits per heavy atom. The number of hydrogen-bond acceptors (Lipinski definition) is 5. The second kappa shape index (κ2) is 9.88. The van der Waals surface area contributed by atoms with Gasteiger partial charge in [-0.05, 0) is 31.2 Å². The van der Waals surface area contributed by atoms with Gasteiger partial charge in [0.05, 0.1) is 20.8 Å². The third-order valence-electron chi connectivity index (χ3n) is 3.82. The molecule has 0 spiro atoms. The highest BCUT2D eigenvalue weighted by atomic mass is 16.5. The molecule has 1 N–H and O–H groups in total. The number of carbonyl (C=O) groups excluding carboxylic acids is 1. The average molecular weight is 366 g/mol. The van der Waals surface area contributed by atoms with E-state index in [-0.39, 0.29) is 12.1 Å². The summed E-state index contributed by atoms with van der Waals surface area (Å²) < 4.78 is 16.0. The lowest BCUT2D eigenvalue weighted by molar-refractivity contribution is -0.117. The topological polar surface area (TPSA) is 80.6 Å². The molecule has 0 saturated carbocycles. The number of nitriles is 1. The van der Waals surface area contributed by atoms with E-state index in [1.54, 1.807) is 44.6 Å². The lowest BCUT2D eigenvalue weighted by atomic mass is 10.1. The van der Waals surface area contributed by atoms with Gasteiger partial charge in [0.15, 0.2) is 0 Å². The molecule has 0 aliphatic rings. The minimum atomic E-state index is -0.471. The van der Waals surface area contributed by atoms with Gasteiger partial charge in [-0.25, -0.2) is 0 Å². The largest absolute Gasteiger partial charge is 0.497 e. The zero-order chi connectivity index (χ0) is 19.6. The predicted molar refractivity (Wildman–Crippen MR) is 103 cm³/mol. The maximum absolute atomic E-state index is 12.4. The van der Waals surface area contributed by atoms with Crippen molar-refractivity contribution in [1.82, 2.24) is 5.32 Å². The van der Waals surface area contributed by atoms with Gasteiger partial charge in [0.25, 0.3) is 5.91 Å². The van der Waals surface area contributed by atoms with E-state index in [2.05, 4.69) is 5.32 Å². The third-order valence-corrected chi connectivity index (χ3v) is 3.82. The van der Waals surface area contributed by atoms with Crippen LogP contribution in [-0.2, 0) is 11.3 Å². The molecule has 0 saturated heterocycles. The van der Waals surface area contributed by atoms with Crippen LogP contribution in [0.3, 0.4) is 0 Å². The Hall–Kier alpha value is -3.46. The zero-order valence-electron chi connectivity index (χ0n) is 15.6. The summed E-state index contributed by atoms with van der Waals surface area (Å²) in [6.07, 6.45) is 1.52. The normalized spacial score (nSPS) is 10.7. The molecule has 1 amide bonds. The number of nitrogens with one attached hydrogen (secondary N) is 1. The van der Waals surface area contributed by atoms with Crippen molar-refractivity contribution in [3.63, 3.8) is 0 Å². The van der Waals surface area contributed by atoms with E-state index >= 15 is 0 Å². The fourth-order valence-corrected chi connectivity index (χ4v) is 2.46. The Balaban J connectivity index is 2.16. The van der Waals surface area contributed by atoms with E-state index < -0.39 is 5.91 Å². The van der Waals surface area contributed by atoms with Gasteiger partial charge in [-0.2, -0.15) is 5.26 Å². The molecule has 0 fully saturated rings. The first-order chi connectivity index (χ1) is 13.1. The first-order valence-electron chi connectivity index (χ1n) is 8.45. The minimum Gasteiger partial charge on any atom is -0.497 e. The van der Waals surface area contributed by atoms with Crippen LogP contribution in [0.5, 0.6) is 17.2 Å². The molecule has 140 valence electrons. The summed E-state index contributed by atoms with van der Waals surface area (Å²) in [5.41, 5.74) is 1.45. The van der Waals surface area contributed by atoms with Crippen molar-refractivity contribution in [1.29, 1.82) is 5.26 Å². The molecule has 6 heteroatoms. The van der Waals surface area contributed by atoms with Gasteiger partial charge in [0, 0.05) is 23.7 Å². The highest BCUT2D eigenvalue weighted by Gasteiger charge is 2.12. The maximum atomic E-state index is 12.4. The van der Waals surface area contributed by atoms with Crippen LogP contribution in [0.2, 0.25) is 0 Å². The van der Waals surface area contributed by atoms with Crippen molar-refractivity contribution in [2.45, 2.75) is 13.5 Å². The van der Waals surface area contributed by atoms with Gasteiger partial charge in [0.1, 0.15) is 28.9 Å². The van der Waals surface area contributed by atoms with Crippen LogP contribution in [0.25, 0.3) is 6.08 Å². The minimum absolute atomic E-state index is 0.00497. The fraction of sp³-hybridized carbons (Fsp3) is 0.238. The van der Waals surface area contributed by atoms with Crippen LogP contribution in [0.4, 0.5) is 0 Å². The molecule has 6 nitrogen and oxygen atoms in total. The van der Waals surface area contributed by atoms with Gasteiger partial charge in [0.2, 0.25) is 0 Å². The van der Waals surface area contributed by atoms with Crippen LogP contribution < -0.4 is 19.5 Å². The number of rotatable bonds is 8. The van der Waals surface area contributed by atoms with E-state index in [1.165, 1.54) is 6.08 Å². The number of hydrogen-bond donors (Lipinski definition) is 1. The highest BCUT2D eigenvalue weighted by Crippen LogP contribution is 2.25. The quantitative estimate of drug-likeness (QED) is 0.572. The van der Waals surface area contributed by atoms with Gasteiger partial charge in [-0.15, -0.1) is 0 Å². The van der Waals surface area contributed by atoms with E-state index in [0.717, 1.165) is 5.56 Å². The molecule has 0 atom stereocenters. The number of carbonyl (C=O) groups is 1. The molecule has 27 heavy (non-hydrogen) atoms. The number of nitrogens with zero attached hydrogens (tertiary/aromatic N) is 1. The summed E-state index contributed by atoms with van der Waals surface area (Å²) in [6.45, 7) is 2.59. The Morgan fingerprint density at radius 2 is 1.93 bits per heavy atom. The van der Waals surface area contributed by atoms with Crippen LogP contribution in [0, 0.1) is 11.3 Å². The molecule has 2 aromatic carbocycles. The van der Waals surface area contributed by atoms with E-state index in [9.17, 15) is 10.1 Å². The Morgan fingerprint density at radius 1 is 1.15 bits per heavy atom. The summed E-state index contributed by atoms with van der Waals surface area (Å²) in [7, 11) is 3.12. The number of amides is 1. The molecule has 0 aliphatic heterocycles. The maximum Gasteiger partial charge on any atom is 0.262 e.